The number of halogens is 1. The number of H-pyrrole nitrogens is 1. The molecule has 0 bridgehead atoms. The molecule has 5 aromatic rings. The van der Waals surface area contributed by atoms with Crippen LogP contribution in [0.3, 0.4) is 0 Å². The number of nitro groups is 1. The highest BCUT2D eigenvalue weighted by molar-refractivity contribution is 7.99. The zero-order valence-electron chi connectivity index (χ0n) is 35.8. The van der Waals surface area contributed by atoms with E-state index in [0.717, 1.165) is 87.2 Å². The summed E-state index contributed by atoms with van der Waals surface area (Å²) in [4.78, 5) is 40.3. The molecule has 3 aliphatic heterocycles. The van der Waals surface area contributed by atoms with Gasteiger partial charge in [0.2, 0.25) is 0 Å². The van der Waals surface area contributed by atoms with Crippen molar-refractivity contribution in [2.45, 2.75) is 48.9 Å². The van der Waals surface area contributed by atoms with E-state index in [4.69, 9.17) is 21.1 Å². The molecular weight excluding hydrogens is 876 g/mol. The van der Waals surface area contributed by atoms with Crippen LogP contribution in [0.4, 0.5) is 17.1 Å². The number of anilines is 2. The molecule has 18 heteroatoms. The van der Waals surface area contributed by atoms with Crippen LogP contribution in [0.25, 0.3) is 16.6 Å². The number of benzene rings is 3. The second-order valence-electron chi connectivity index (χ2n) is 17.6. The van der Waals surface area contributed by atoms with Crippen LogP contribution in [0.1, 0.15) is 49.0 Å². The molecule has 4 aliphatic rings. The van der Waals surface area contributed by atoms with Crippen LogP contribution < -0.4 is 19.7 Å². The Kier molecular flexibility index (Phi) is 12.6. The maximum atomic E-state index is 14.1. The molecule has 3 aromatic carbocycles. The lowest BCUT2D eigenvalue weighted by atomic mass is 9.72. The number of amides is 1. The van der Waals surface area contributed by atoms with Gasteiger partial charge in [-0.2, -0.15) is 0 Å². The number of nitro benzene ring substituents is 1. The highest BCUT2D eigenvalue weighted by Crippen LogP contribution is 2.44. The van der Waals surface area contributed by atoms with Gasteiger partial charge in [0.25, 0.3) is 21.6 Å². The van der Waals surface area contributed by atoms with Crippen LogP contribution in [-0.4, -0.2) is 116 Å². The summed E-state index contributed by atoms with van der Waals surface area (Å²) in [7, 11) is -4.59. The number of aromatic nitrogens is 2. The van der Waals surface area contributed by atoms with Crippen molar-refractivity contribution in [3.8, 4) is 11.5 Å². The van der Waals surface area contributed by atoms with Gasteiger partial charge in [-0.05, 0) is 78.3 Å². The van der Waals surface area contributed by atoms with E-state index >= 15 is 0 Å². The minimum absolute atomic E-state index is 0.0310. The molecule has 2 saturated heterocycles. The first kappa shape index (κ1) is 44.1. The second kappa shape index (κ2) is 18.4. The Morgan fingerprint density at radius 3 is 2.58 bits per heavy atom. The average Bonchev–Trinajstić information content (AvgIpc) is 3.75. The van der Waals surface area contributed by atoms with Crippen molar-refractivity contribution in [1.82, 2.24) is 24.5 Å². The number of aromatic amines is 1. The Balaban J connectivity index is 0.938. The number of hydrogen-bond donors (Lipinski definition) is 3. The van der Waals surface area contributed by atoms with Crippen LogP contribution in [0, 0.1) is 15.5 Å². The first-order chi connectivity index (χ1) is 30.8. The Labute approximate surface area is 381 Å². The van der Waals surface area contributed by atoms with E-state index in [1.807, 2.05) is 18.2 Å². The number of pyridine rings is 1. The molecule has 0 unspecified atom stereocenters. The number of carbonyl (C=O) groups is 1. The molecule has 0 saturated carbocycles. The molecule has 5 heterocycles. The third-order valence-electron chi connectivity index (χ3n) is 12.5. The van der Waals surface area contributed by atoms with Crippen LogP contribution in [0.5, 0.6) is 11.5 Å². The first-order valence-corrected chi connectivity index (χ1v) is 24.4. The molecule has 9 rings (SSSR count). The molecule has 2 fully saturated rings. The summed E-state index contributed by atoms with van der Waals surface area (Å²) < 4.78 is 41.9. The number of fused-ring (bicyclic) bond motifs is 2. The molecule has 1 amide bonds. The van der Waals surface area contributed by atoms with E-state index in [1.165, 1.54) is 40.7 Å². The number of nitrogens with one attached hydrogen (secondary N) is 3. The Bertz CT molecular complexity index is 2710. The standard InChI is InChI=1S/C46H51ClN8O7S2/c1-46(2)11-9-32(39(25-46)30-3-5-33(47)6-4-30)27-52-13-15-54(16-14-52)35-7-8-38(41(22-35)62-36-21-31-10-12-48-44(31)49-26-36)45(56)51-64(59,60)37-23-40(55(57)58)43-42(24-37)63-29-34(50-43)28-53-17-19-61-20-18-53/h3-8,10,12,21-24,26,34,50H,9,11,13-20,25,27-29H2,1-2H3,(H,48,49)(H,51,56)/t34-/m1/s1. The van der Waals surface area contributed by atoms with Crippen molar-refractivity contribution in [3.63, 3.8) is 0 Å². The number of carbonyl (C=O) groups excluding carboxylic acids is 1. The lowest BCUT2D eigenvalue weighted by Gasteiger charge is -2.39. The van der Waals surface area contributed by atoms with E-state index in [1.54, 1.807) is 30.5 Å². The second-order valence-corrected chi connectivity index (χ2v) is 20.8. The van der Waals surface area contributed by atoms with Gasteiger partial charge in [-0.15, -0.1) is 11.8 Å². The van der Waals surface area contributed by atoms with E-state index in [2.05, 4.69) is 60.7 Å². The summed E-state index contributed by atoms with van der Waals surface area (Å²) in [5, 5.41) is 17.2. The van der Waals surface area contributed by atoms with E-state index in [0.29, 0.717) is 41.8 Å². The zero-order chi connectivity index (χ0) is 44.6. The zero-order valence-corrected chi connectivity index (χ0v) is 38.2. The van der Waals surface area contributed by atoms with Gasteiger partial charge < -0.3 is 24.7 Å². The fourth-order valence-electron chi connectivity index (χ4n) is 8.98. The number of thioether (sulfide) groups is 1. The molecule has 336 valence electrons. The minimum Gasteiger partial charge on any atom is -0.455 e. The molecule has 15 nitrogen and oxygen atoms in total. The van der Waals surface area contributed by atoms with Crippen molar-refractivity contribution in [2.75, 3.05) is 81.5 Å². The minimum atomic E-state index is -4.59. The highest BCUT2D eigenvalue weighted by atomic mass is 35.5. The van der Waals surface area contributed by atoms with Gasteiger partial charge in [-0.25, -0.2) is 18.1 Å². The van der Waals surface area contributed by atoms with Crippen LogP contribution in [-0.2, 0) is 14.8 Å². The van der Waals surface area contributed by atoms with Gasteiger partial charge in [0, 0.05) is 103 Å². The maximum absolute atomic E-state index is 14.1. The van der Waals surface area contributed by atoms with Gasteiger partial charge in [-0.1, -0.05) is 43.2 Å². The van der Waals surface area contributed by atoms with Gasteiger partial charge in [0.15, 0.2) is 0 Å². The van der Waals surface area contributed by atoms with E-state index in [-0.39, 0.29) is 39.0 Å². The number of morpholine rings is 1. The van der Waals surface area contributed by atoms with Crippen molar-refractivity contribution in [1.29, 1.82) is 0 Å². The number of ether oxygens (including phenoxy) is 2. The fourth-order valence-corrected chi connectivity index (χ4v) is 11.3. The van der Waals surface area contributed by atoms with Crippen molar-refractivity contribution in [3.05, 3.63) is 111 Å². The predicted octanol–water partition coefficient (Wildman–Crippen LogP) is 8.04. The van der Waals surface area contributed by atoms with Crippen molar-refractivity contribution in [2.24, 2.45) is 5.41 Å². The fraction of sp³-hybridized carbons (Fsp3) is 0.391. The number of hydrogen-bond acceptors (Lipinski definition) is 13. The summed E-state index contributed by atoms with van der Waals surface area (Å²) in [5.41, 5.74) is 5.66. The molecule has 1 atom stereocenters. The van der Waals surface area contributed by atoms with Crippen molar-refractivity contribution >= 4 is 73.0 Å². The average molecular weight is 928 g/mol. The summed E-state index contributed by atoms with van der Waals surface area (Å²) >= 11 is 7.60. The third-order valence-corrected chi connectivity index (χ3v) is 15.3. The Hall–Kier alpha value is -5.17. The van der Waals surface area contributed by atoms with Gasteiger partial charge in [-0.3, -0.25) is 24.7 Å². The lowest BCUT2D eigenvalue weighted by Crippen LogP contribution is -2.47. The summed E-state index contributed by atoms with van der Waals surface area (Å²) in [6, 6.07) is 19.2. The van der Waals surface area contributed by atoms with Gasteiger partial charge in [0.1, 0.15) is 22.8 Å². The van der Waals surface area contributed by atoms with E-state index < -0.39 is 20.9 Å². The smallest absolute Gasteiger partial charge is 0.294 e. The summed E-state index contributed by atoms with van der Waals surface area (Å²) in [5.74, 6) is 0.117. The summed E-state index contributed by atoms with van der Waals surface area (Å²) in [6.45, 7) is 12.1. The molecule has 3 N–H and O–H groups in total. The normalized spacial score (nSPS) is 19.5. The SMILES string of the molecule is CC1(C)CCC(CN2CCN(c3ccc(C(=O)NS(=O)(=O)c4cc5c(c([N+](=O)[O-])c4)N[C@H](CN4CCOCC4)CS5)c(Oc4cnc5[nH]ccc5c4)c3)CC2)=C(c2ccc(Cl)cc2)C1. The van der Waals surface area contributed by atoms with Crippen LogP contribution >= 0.6 is 23.4 Å². The lowest BCUT2D eigenvalue weighted by molar-refractivity contribution is -0.384. The molecule has 64 heavy (non-hydrogen) atoms. The number of sulfonamides is 1. The monoisotopic (exact) mass is 926 g/mol. The third kappa shape index (κ3) is 9.89. The molecule has 0 radical (unpaired) electrons. The van der Waals surface area contributed by atoms with Crippen molar-refractivity contribution < 1.29 is 27.6 Å². The topological polar surface area (TPSA) is 175 Å². The quantitative estimate of drug-likeness (QED) is 0.0811. The molecule has 2 aromatic heterocycles. The van der Waals surface area contributed by atoms with Gasteiger partial charge in [0.05, 0.1) is 34.8 Å². The number of piperazine rings is 1. The summed E-state index contributed by atoms with van der Waals surface area (Å²) in [6.07, 6.45) is 6.49. The van der Waals surface area contributed by atoms with E-state index in [9.17, 15) is 23.3 Å². The number of allylic oxidation sites excluding steroid dienone is 1. The molecule has 1 aliphatic carbocycles. The first-order valence-electron chi connectivity index (χ1n) is 21.6. The number of rotatable bonds is 12. The van der Waals surface area contributed by atoms with Crippen LogP contribution in [0.2, 0.25) is 5.02 Å². The Morgan fingerprint density at radius 2 is 1.81 bits per heavy atom. The number of nitrogens with zero attached hydrogens (tertiary/aromatic N) is 5. The largest absolute Gasteiger partial charge is 0.455 e. The Morgan fingerprint density at radius 1 is 1.03 bits per heavy atom. The van der Waals surface area contributed by atoms with Crippen LogP contribution in [0.15, 0.2) is 94.5 Å². The van der Waals surface area contributed by atoms with Gasteiger partial charge >= 0.3 is 0 Å². The molecular formula is C46H51ClN8O7S2. The highest BCUT2D eigenvalue weighted by Gasteiger charge is 2.33. The predicted molar refractivity (Wildman–Crippen MR) is 250 cm³/mol. The molecule has 0 spiro atoms. The maximum Gasteiger partial charge on any atom is 0.294 e.